The number of carboxylic acid groups (broad SMARTS) is 1. The first-order valence-electron chi connectivity index (χ1n) is 15.8. The van der Waals surface area contributed by atoms with Crippen LogP contribution in [0, 0.1) is 10.8 Å². The van der Waals surface area contributed by atoms with Crippen LogP contribution in [0.2, 0.25) is 0 Å². The number of Topliss-reactive ketones (excluding diaryl/α,β-unsaturated/α-hetero) is 2. The summed E-state index contributed by atoms with van der Waals surface area (Å²) in [6.07, 6.45) is 2.31. The van der Waals surface area contributed by atoms with E-state index < -0.39 is 11.9 Å². The van der Waals surface area contributed by atoms with Gasteiger partial charge in [-0.3, -0.25) is 9.59 Å². The minimum absolute atomic E-state index is 0.0857. The molecule has 0 amide bonds. The van der Waals surface area contributed by atoms with Crippen molar-refractivity contribution in [3.8, 4) is 11.5 Å². The normalized spacial score (nSPS) is 19.1. The smallest absolute Gasteiger partial charge is 0.335 e. The number of ether oxygens (including phenoxy) is 2. The Hall–Kier alpha value is -4.65. The highest BCUT2D eigenvalue weighted by Gasteiger charge is 2.49. The van der Waals surface area contributed by atoms with E-state index in [1.807, 2.05) is 36.4 Å². The van der Waals surface area contributed by atoms with Gasteiger partial charge in [0.1, 0.15) is 6.61 Å². The molecule has 1 N–H and O–H groups in total. The van der Waals surface area contributed by atoms with Crippen LogP contribution in [0.4, 0.5) is 0 Å². The van der Waals surface area contributed by atoms with Crippen molar-refractivity contribution in [3.63, 3.8) is 0 Å². The van der Waals surface area contributed by atoms with E-state index in [1.54, 1.807) is 31.4 Å². The van der Waals surface area contributed by atoms with Crippen LogP contribution in [0.3, 0.4) is 0 Å². The maximum absolute atomic E-state index is 14.2. The standard InChI is InChI=1S/C39H41NO6/c1-38(2)18-28-35(30(41)20-38)34(36-29(19-39(3,4)21-31(36)42)40(28)22-24-9-7-6-8-10-24)27-15-16-32(33(17-27)45-5)46-23-25-11-13-26(14-12-25)37(43)44/h6-17,34H,18-23H2,1-5H3,(H,43,44). The molecule has 0 fully saturated rings. The lowest BCUT2D eigenvalue weighted by atomic mass is 9.63. The van der Waals surface area contributed by atoms with Crippen molar-refractivity contribution >= 4 is 17.5 Å². The third-order valence-electron chi connectivity index (χ3n) is 9.32. The Bertz CT molecular complexity index is 1710. The van der Waals surface area contributed by atoms with Gasteiger partial charge in [-0.2, -0.15) is 0 Å². The number of carbonyl (C=O) groups excluding carboxylic acids is 2. The molecule has 1 heterocycles. The predicted octanol–water partition coefficient (Wildman–Crippen LogP) is 7.86. The van der Waals surface area contributed by atoms with Crippen LogP contribution in [-0.4, -0.2) is 34.7 Å². The zero-order chi connectivity index (χ0) is 32.8. The number of allylic oxidation sites excluding steroid dienone is 4. The summed E-state index contributed by atoms with van der Waals surface area (Å²) in [4.78, 5) is 41.8. The molecule has 3 aromatic carbocycles. The van der Waals surface area contributed by atoms with E-state index in [4.69, 9.17) is 9.47 Å². The first kappa shape index (κ1) is 31.3. The molecule has 0 atom stereocenters. The lowest BCUT2D eigenvalue weighted by Crippen LogP contribution is -2.44. The van der Waals surface area contributed by atoms with Crippen molar-refractivity contribution in [2.24, 2.45) is 10.8 Å². The predicted molar refractivity (Wildman–Crippen MR) is 176 cm³/mol. The number of nitrogens with zero attached hydrogens (tertiary/aromatic N) is 1. The number of carboxylic acids is 1. The average Bonchev–Trinajstić information content (AvgIpc) is 3.00. The molecular weight excluding hydrogens is 578 g/mol. The van der Waals surface area contributed by atoms with Crippen molar-refractivity contribution in [3.05, 3.63) is 118 Å². The van der Waals surface area contributed by atoms with E-state index in [2.05, 4.69) is 44.7 Å². The molecule has 7 nitrogen and oxygen atoms in total. The van der Waals surface area contributed by atoms with E-state index in [9.17, 15) is 19.5 Å². The van der Waals surface area contributed by atoms with Crippen molar-refractivity contribution in [2.45, 2.75) is 72.4 Å². The fourth-order valence-electron chi connectivity index (χ4n) is 7.23. The summed E-state index contributed by atoms with van der Waals surface area (Å²) in [7, 11) is 1.58. The molecule has 238 valence electrons. The molecule has 0 spiro atoms. The van der Waals surface area contributed by atoms with Crippen molar-refractivity contribution in [1.82, 2.24) is 4.90 Å². The van der Waals surface area contributed by atoms with Crippen molar-refractivity contribution in [2.75, 3.05) is 7.11 Å². The number of carbonyl (C=O) groups is 3. The monoisotopic (exact) mass is 619 g/mol. The molecule has 7 heteroatoms. The summed E-state index contributed by atoms with van der Waals surface area (Å²) in [5.41, 5.74) is 6.04. The SMILES string of the molecule is COc1cc(C2C3=C(CC(C)(C)CC3=O)N(Cc3ccccc3)C3=C2C(=O)CC(C)(C)C3)ccc1OCc1ccc(C(=O)O)cc1. The Labute approximate surface area is 270 Å². The Kier molecular flexibility index (Phi) is 8.13. The molecule has 0 aromatic heterocycles. The van der Waals surface area contributed by atoms with Gasteiger partial charge < -0.3 is 19.5 Å². The summed E-state index contributed by atoms with van der Waals surface area (Å²) in [5.74, 6) is -0.276. The van der Waals surface area contributed by atoms with Gasteiger partial charge in [-0.15, -0.1) is 0 Å². The average molecular weight is 620 g/mol. The van der Waals surface area contributed by atoms with Crippen LogP contribution in [0.25, 0.3) is 0 Å². The minimum atomic E-state index is -0.979. The lowest BCUT2D eigenvalue weighted by molar-refractivity contribution is -0.119. The maximum atomic E-state index is 14.2. The molecule has 0 saturated carbocycles. The second kappa shape index (κ2) is 11.9. The van der Waals surface area contributed by atoms with Crippen LogP contribution >= 0.6 is 0 Å². The van der Waals surface area contributed by atoms with Gasteiger partial charge in [0.15, 0.2) is 23.1 Å². The molecule has 0 unspecified atom stereocenters. The third kappa shape index (κ3) is 6.11. The Balaban J connectivity index is 1.43. The molecule has 2 aliphatic carbocycles. The first-order valence-corrected chi connectivity index (χ1v) is 15.8. The Morgan fingerprint density at radius 2 is 1.37 bits per heavy atom. The highest BCUT2D eigenvalue weighted by Crippen LogP contribution is 2.55. The van der Waals surface area contributed by atoms with Gasteiger partial charge in [0.25, 0.3) is 0 Å². The molecule has 0 bridgehead atoms. The van der Waals surface area contributed by atoms with Crippen LogP contribution in [-0.2, 0) is 22.7 Å². The second-order valence-corrected chi connectivity index (χ2v) is 14.3. The van der Waals surface area contributed by atoms with E-state index in [0.29, 0.717) is 30.9 Å². The Morgan fingerprint density at radius 3 is 1.91 bits per heavy atom. The molecule has 3 aliphatic rings. The number of rotatable bonds is 8. The quantitative estimate of drug-likeness (QED) is 0.274. The summed E-state index contributed by atoms with van der Waals surface area (Å²) < 4.78 is 11.9. The number of benzene rings is 3. The number of aromatic carboxylic acids is 1. The van der Waals surface area contributed by atoms with Crippen LogP contribution in [0.1, 0.15) is 86.3 Å². The van der Waals surface area contributed by atoms with Gasteiger partial charge in [-0.1, -0.05) is 76.2 Å². The largest absolute Gasteiger partial charge is 0.493 e. The number of hydrogen-bond acceptors (Lipinski definition) is 6. The highest BCUT2D eigenvalue weighted by atomic mass is 16.5. The van der Waals surface area contributed by atoms with Gasteiger partial charge in [0.2, 0.25) is 0 Å². The zero-order valence-corrected chi connectivity index (χ0v) is 27.2. The van der Waals surface area contributed by atoms with Crippen LogP contribution in [0.15, 0.2) is 95.3 Å². The van der Waals surface area contributed by atoms with E-state index in [1.165, 1.54) is 0 Å². The maximum Gasteiger partial charge on any atom is 0.335 e. The molecule has 0 radical (unpaired) electrons. The summed E-state index contributed by atoms with van der Waals surface area (Å²) in [6, 6.07) is 22.5. The fourth-order valence-corrected chi connectivity index (χ4v) is 7.23. The third-order valence-corrected chi connectivity index (χ3v) is 9.32. The van der Waals surface area contributed by atoms with Crippen molar-refractivity contribution in [1.29, 1.82) is 0 Å². The molecular formula is C39H41NO6. The van der Waals surface area contributed by atoms with E-state index >= 15 is 0 Å². The Morgan fingerprint density at radius 1 is 0.783 bits per heavy atom. The van der Waals surface area contributed by atoms with Crippen LogP contribution in [0.5, 0.6) is 11.5 Å². The van der Waals surface area contributed by atoms with Gasteiger partial charge in [-0.25, -0.2) is 4.79 Å². The molecule has 0 saturated heterocycles. The lowest BCUT2D eigenvalue weighted by Gasteiger charge is -2.49. The fraction of sp³-hybridized carbons (Fsp3) is 0.359. The van der Waals surface area contributed by atoms with Gasteiger partial charge in [0, 0.05) is 47.8 Å². The topological polar surface area (TPSA) is 93.1 Å². The minimum Gasteiger partial charge on any atom is -0.493 e. The van der Waals surface area contributed by atoms with E-state index in [-0.39, 0.29) is 34.6 Å². The highest BCUT2D eigenvalue weighted by molar-refractivity contribution is 6.06. The number of hydrogen-bond donors (Lipinski definition) is 1. The van der Waals surface area contributed by atoms with E-state index in [0.717, 1.165) is 52.1 Å². The zero-order valence-electron chi connectivity index (χ0n) is 27.2. The summed E-state index contributed by atoms with van der Waals surface area (Å²) in [6.45, 7) is 9.41. The second-order valence-electron chi connectivity index (χ2n) is 14.3. The summed E-state index contributed by atoms with van der Waals surface area (Å²) in [5, 5.41) is 9.20. The van der Waals surface area contributed by atoms with Crippen molar-refractivity contribution < 1.29 is 29.0 Å². The van der Waals surface area contributed by atoms with Gasteiger partial charge in [-0.05, 0) is 64.6 Å². The summed E-state index contributed by atoms with van der Waals surface area (Å²) >= 11 is 0. The first-order chi connectivity index (χ1) is 21.9. The van der Waals surface area contributed by atoms with Crippen LogP contribution < -0.4 is 9.47 Å². The van der Waals surface area contributed by atoms with Gasteiger partial charge in [0.05, 0.1) is 12.7 Å². The molecule has 1 aliphatic heterocycles. The molecule has 46 heavy (non-hydrogen) atoms. The molecule has 3 aromatic rings. The van der Waals surface area contributed by atoms with Gasteiger partial charge >= 0.3 is 5.97 Å². The molecule has 6 rings (SSSR count). The number of methoxy groups -OCH3 is 1. The number of ketones is 2.